The van der Waals surface area contributed by atoms with Crippen LogP contribution in [0.2, 0.25) is 10.0 Å². The minimum Gasteiger partial charge on any atom is -0.456 e. The zero-order valence-corrected chi connectivity index (χ0v) is 16.7. The molecule has 0 saturated heterocycles. The summed E-state index contributed by atoms with van der Waals surface area (Å²) in [5.41, 5.74) is 1.36. The van der Waals surface area contributed by atoms with E-state index in [4.69, 9.17) is 33.1 Å². The smallest absolute Gasteiger partial charge is 0.340 e. The molecule has 1 heterocycles. The van der Waals surface area contributed by atoms with Gasteiger partial charge < -0.3 is 4.74 Å². The molecule has 3 rings (SSSR count). The molecule has 27 heavy (non-hydrogen) atoms. The number of ether oxygens (including phenoxy) is 1. The quantitative estimate of drug-likeness (QED) is 0.598. The number of halogens is 2. The molecule has 10 heteroatoms. The van der Waals surface area contributed by atoms with Crippen molar-refractivity contribution in [1.82, 2.24) is 4.98 Å². The van der Waals surface area contributed by atoms with Crippen molar-refractivity contribution in [2.75, 3.05) is 0 Å². The summed E-state index contributed by atoms with van der Waals surface area (Å²) in [5, 5.41) is 8.28. The third kappa shape index (κ3) is 4.85. The van der Waals surface area contributed by atoms with Crippen LogP contribution in [0.4, 0.5) is 0 Å². The maximum absolute atomic E-state index is 12.3. The van der Waals surface area contributed by atoms with E-state index in [0.717, 1.165) is 16.6 Å². The lowest BCUT2D eigenvalue weighted by Gasteiger charge is -2.06. The van der Waals surface area contributed by atoms with E-state index in [2.05, 4.69) is 4.98 Å². The second-order valence-corrected chi connectivity index (χ2v) is 8.68. The fourth-order valence-corrected chi connectivity index (χ4v) is 3.82. The summed E-state index contributed by atoms with van der Waals surface area (Å²) >= 11 is 13.2. The van der Waals surface area contributed by atoms with E-state index >= 15 is 0 Å². The summed E-state index contributed by atoms with van der Waals surface area (Å²) in [6.07, 6.45) is 0. The Morgan fingerprint density at radius 3 is 2.52 bits per heavy atom. The van der Waals surface area contributed by atoms with E-state index in [0.29, 0.717) is 10.7 Å². The number of hydrogen-bond acceptors (Lipinski definition) is 6. The fourth-order valence-electron chi connectivity index (χ4n) is 2.15. The predicted molar refractivity (Wildman–Crippen MR) is 105 cm³/mol. The highest BCUT2D eigenvalue weighted by Gasteiger charge is 2.17. The minimum absolute atomic E-state index is 0.0625. The lowest BCUT2D eigenvalue weighted by molar-refractivity contribution is 0.0468. The van der Waals surface area contributed by atoms with Gasteiger partial charge in [0, 0.05) is 16.0 Å². The van der Waals surface area contributed by atoms with Gasteiger partial charge in [0.2, 0.25) is 10.0 Å². The normalized spacial score (nSPS) is 11.4. The van der Waals surface area contributed by atoms with Crippen LogP contribution in [0.15, 0.2) is 52.7 Å². The molecule has 3 aromatic rings. The number of thiazole rings is 1. The molecule has 0 radical (unpaired) electrons. The van der Waals surface area contributed by atoms with E-state index in [1.807, 2.05) is 12.1 Å². The van der Waals surface area contributed by atoms with Crippen molar-refractivity contribution in [2.45, 2.75) is 11.5 Å². The highest BCUT2D eigenvalue weighted by atomic mass is 35.5. The molecule has 0 bridgehead atoms. The summed E-state index contributed by atoms with van der Waals surface area (Å²) in [6.45, 7) is -0.0845. The molecule has 2 aromatic carbocycles. The number of esters is 1. The molecule has 0 atom stereocenters. The van der Waals surface area contributed by atoms with Gasteiger partial charge in [-0.15, -0.1) is 11.3 Å². The summed E-state index contributed by atoms with van der Waals surface area (Å²) in [4.78, 5) is 16.4. The molecule has 0 aliphatic carbocycles. The van der Waals surface area contributed by atoms with Crippen LogP contribution in [0.3, 0.4) is 0 Å². The largest absolute Gasteiger partial charge is 0.456 e. The van der Waals surface area contributed by atoms with Crippen molar-refractivity contribution in [3.8, 4) is 10.6 Å². The number of benzene rings is 2. The predicted octanol–water partition coefficient (Wildman–Crippen LogP) is 4.12. The average molecular weight is 443 g/mol. The second kappa shape index (κ2) is 7.95. The molecule has 0 saturated carbocycles. The van der Waals surface area contributed by atoms with Gasteiger partial charge >= 0.3 is 5.97 Å². The first-order valence-corrected chi connectivity index (χ1v) is 10.6. The molecule has 1 aromatic heterocycles. The number of carbonyl (C=O) groups excluding carboxylic acids is 1. The van der Waals surface area contributed by atoms with Crippen LogP contribution < -0.4 is 5.14 Å². The Bertz CT molecular complexity index is 1100. The molecule has 0 fully saturated rings. The summed E-state index contributed by atoms with van der Waals surface area (Å²) in [5.74, 6) is -0.772. The minimum atomic E-state index is -3.96. The van der Waals surface area contributed by atoms with Gasteiger partial charge in [0.1, 0.15) is 11.6 Å². The number of aromatic nitrogens is 1. The van der Waals surface area contributed by atoms with Gasteiger partial charge in [-0.05, 0) is 30.3 Å². The molecule has 0 aliphatic rings. The molecule has 6 nitrogen and oxygen atoms in total. The molecule has 0 amide bonds. The molecule has 0 spiro atoms. The van der Waals surface area contributed by atoms with E-state index in [1.165, 1.54) is 23.5 Å². The first kappa shape index (κ1) is 19.8. The Kier molecular flexibility index (Phi) is 5.83. The average Bonchev–Trinajstić information content (AvgIpc) is 3.08. The standard InChI is InChI=1S/C17H12Cl2N2O4S2/c18-11-3-1-10(2-4-11)16-21-12(9-26-16)8-25-17(22)14-7-13(27(20,23)24)5-6-15(14)19/h1-7,9H,8H2,(H2,20,23,24). The topological polar surface area (TPSA) is 99.4 Å². The first-order valence-electron chi connectivity index (χ1n) is 7.44. The van der Waals surface area contributed by atoms with E-state index in [1.54, 1.807) is 17.5 Å². The van der Waals surface area contributed by atoms with Gasteiger partial charge in [0.05, 0.1) is 21.2 Å². The van der Waals surface area contributed by atoms with Crippen LogP contribution in [0.5, 0.6) is 0 Å². The Hall–Kier alpha value is -1.97. The molecular formula is C17H12Cl2N2O4S2. The maximum Gasteiger partial charge on any atom is 0.340 e. The van der Waals surface area contributed by atoms with Gasteiger partial charge in [-0.2, -0.15) is 0 Å². The van der Waals surface area contributed by atoms with Crippen LogP contribution in [0.25, 0.3) is 10.6 Å². The second-order valence-electron chi connectivity index (χ2n) is 5.41. The van der Waals surface area contributed by atoms with Gasteiger partial charge in [0.15, 0.2) is 0 Å². The van der Waals surface area contributed by atoms with Crippen molar-refractivity contribution in [3.05, 3.63) is 69.1 Å². The van der Waals surface area contributed by atoms with Crippen LogP contribution in [0.1, 0.15) is 16.1 Å². The Balaban J connectivity index is 1.72. The summed E-state index contributed by atoms with van der Waals surface area (Å²) in [7, 11) is -3.96. The highest BCUT2D eigenvalue weighted by molar-refractivity contribution is 7.89. The van der Waals surface area contributed by atoms with Gasteiger partial charge in [-0.1, -0.05) is 35.3 Å². The SMILES string of the molecule is NS(=O)(=O)c1ccc(Cl)c(C(=O)OCc2csc(-c3ccc(Cl)cc3)n2)c1. The zero-order chi connectivity index (χ0) is 19.6. The molecular weight excluding hydrogens is 431 g/mol. The molecule has 0 aliphatic heterocycles. The third-order valence-corrected chi connectivity index (χ3v) is 5.91. The number of primary sulfonamides is 1. The Morgan fingerprint density at radius 2 is 1.85 bits per heavy atom. The molecule has 2 N–H and O–H groups in total. The fraction of sp³-hybridized carbons (Fsp3) is 0.0588. The van der Waals surface area contributed by atoms with Crippen molar-refractivity contribution in [1.29, 1.82) is 0 Å². The van der Waals surface area contributed by atoms with E-state index in [-0.39, 0.29) is 22.1 Å². The van der Waals surface area contributed by atoms with E-state index in [9.17, 15) is 13.2 Å². The maximum atomic E-state index is 12.3. The summed E-state index contributed by atoms with van der Waals surface area (Å²) in [6, 6.07) is 10.8. The summed E-state index contributed by atoms with van der Waals surface area (Å²) < 4.78 is 28.0. The molecule has 140 valence electrons. The number of hydrogen-bond donors (Lipinski definition) is 1. The lowest BCUT2D eigenvalue weighted by atomic mass is 10.2. The van der Waals surface area contributed by atoms with Gasteiger partial charge in [-0.25, -0.2) is 23.3 Å². The number of nitrogens with two attached hydrogens (primary N) is 1. The van der Waals surface area contributed by atoms with Crippen molar-refractivity contribution >= 4 is 50.5 Å². The Labute approximate surface area is 169 Å². The number of sulfonamides is 1. The Morgan fingerprint density at radius 1 is 1.15 bits per heavy atom. The van der Waals surface area contributed by atoms with Gasteiger partial charge in [-0.3, -0.25) is 0 Å². The first-order chi connectivity index (χ1) is 12.7. The van der Waals surface area contributed by atoms with E-state index < -0.39 is 16.0 Å². The molecule has 0 unspecified atom stereocenters. The third-order valence-electron chi connectivity index (χ3n) is 3.48. The number of nitrogens with zero attached hydrogens (tertiary/aromatic N) is 1. The van der Waals surface area contributed by atoms with Crippen LogP contribution in [0, 0.1) is 0 Å². The van der Waals surface area contributed by atoms with Crippen molar-refractivity contribution in [3.63, 3.8) is 0 Å². The monoisotopic (exact) mass is 442 g/mol. The van der Waals surface area contributed by atoms with Crippen LogP contribution in [-0.2, 0) is 21.4 Å². The highest BCUT2D eigenvalue weighted by Crippen LogP contribution is 2.26. The van der Waals surface area contributed by atoms with Gasteiger partial charge in [0.25, 0.3) is 0 Å². The van der Waals surface area contributed by atoms with Crippen LogP contribution >= 0.6 is 34.5 Å². The van der Waals surface area contributed by atoms with Crippen molar-refractivity contribution in [2.24, 2.45) is 5.14 Å². The van der Waals surface area contributed by atoms with Crippen molar-refractivity contribution < 1.29 is 17.9 Å². The number of rotatable bonds is 5. The lowest BCUT2D eigenvalue weighted by Crippen LogP contribution is -2.14. The number of carbonyl (C=O) groups is 1. The van der Waals surface area contributed by atoms with Crippen LogP contribution in [-0.4, -0.2) is 19.4 Å². The zero-order valence-electron chi connectivity index (χ0n) is 13.6.